The van der Waals surface area contributed by atoms with Crippen molar-refractivity contribution in [2.45, 2.75) is 19.4 Å². The first-order valence-corrected chi connectivity index (χ1v) is 6.86. The minimum Gasteiger partial charge on any atom is -0.368 e. The van der Waals surface area contributed by atoms with E-state index in [1.165, 1.54) is 4.88 Å². The lowest BCUT2D eigenvalue weighted by molar-refractivity contribution is 0.796. The van der Waals surface area contributed by atoms with Crippen molar-refractivity contribution in [2.75, 3.05) is 11.1 Å². The highest BCUT2D eigenvalue weighted by molar-refractivity contribution is 7.09. The summed E-state index contributed by atoms with van der Waals surface area (Å²) in [4.78, 5) is 9.67. The van der Waals surface area contributed by atoms with E-state index >= 15 is 0 Å². The van der Waals surface area contributed by atoms with E-state index in [1.807, 2.05) is 0 Å². The van der Waals surface area contributed by atoms with E-state index in [0.29, 0.717) is 5.65 Å². The number of anilines is 2. The summed E-state index contributed by atoms with van der Waals surface area (Å²) in [5, 5.41) is 13.1. The molecule has 3 rings (SSSR count). The van der Waals surface area contributed by atoms with E-state index in [-0.39, 0.29) is 12.0 Å². The van der Waals surface area contributed by atoms with Crippen LogP contribution < -0.4 is 11.1 Å². The zero-order valence-electron chi connectivity index (χ0n) is 10.4. The number of aromatic amines is 1. The number of aromatic nitrogens is 4. The summed E-state index contributed by atoms with van der Waals surface area (Å²) >= 11 is 1.75. The molecular formula is C12H14N6S. The summed E-state index contributed by atoms with van der Waals surface area (Å²) in [6.45, 7) is 2.12. The molecule has 6 nitrogen and oxygen atoms in total. The highest BCUT2D eigenvalue weighted by Gasteiger charge is 2.11. The van der Waals surface area contributed by atoms with Gasteiger partial charge in [0, 0.05) is 17.3 Å². The molecule has 0 saturated carbocycles. The van der Waals surface area contributed by atoms with Crippen LogP contribution in [0.15, 0.2) is 23.7 Å². The average molecular weight is 274 g/mol. The van der Waals surface area contributed by atoms with E-state index in [0.717, 1.165) is 17.6 Å². The van der Waals surface area contributed by atoms with Crippen LogP contribution in [0.4, 0.5) is 11.8 Å². The molecule has 0 radical (unpaired) electrons. The molecule has 7 heteroatoms. The Morgan fingerprint density at radius 1 is 1.47 bits per heavy atom. The van der Waals surface area contributed by atoms with Crippen LogP contribution in [0.5, 0.6) is 0 Å². The lowest BCUT2D eigenvalue weighted by Gasteiger charge is -2.14. The van der Waals surface area contributed by atoms with Gasteiger partial charge in [-0.1, -0.05) is 6.07 Å². The molecule has 1 atom stereocenters. The molecule has 98 valence electrons. The second-order valence-electron chi connectivity index (χ2n) is 4.39. The molecule has 0 spiro atoms. The van der Waals surface area contributed by atoms with Gasteiger partial charge >= 0.3 is 0 Å². The Morgan fingerprint density at radius 3 is 3.16 bits per heavy atom. The van der Waals surface area contributed by atoms with Gasteiger partial charge in [-0.25, -0.2) is 0 Å². The fraction of sp³-hybridized carbons (Fsp3) is 0.250. The first-order chi connectivity index (χ1) is 9.22. The molecular weight excluding hydrogens is 260 g/mol. The predicted molar refractivity (Wildman–Crippen MR) is 77.2 cm³/mol. The normalized spacial score (nSPS) is 12.7. The average Bonchev–Trinajstić information content (AvgIpc) is 2.99. The number of hydrogen-bond donors (Lipinski definition) is 3. The summed E-state index contributed by atoms with van der Waals surface area (Å²) in [7, 11) is 0. The highest BCUT2D eigenvalue weighted by atomic mass is 32.1. The van der Waals surface area contributed by atoms with Crippen molar-refractivity contribution in [2.24, 2.45) is 0 Å². The molecule has 0 aliphatic carbocycles. The zero-order valence-corrected chi connectivity index (χ0v) is 11.2. The number of rotatable bonds is 4. The maximum absolute atomic E-state index is 5.69. The van der Waals surface area contributed by atoms with Crippen LogP contribution in [0.25, 0.3) is 11.0 Å². The lowest BCUT2D eigenvalue weighted by Crippen LogP contribution is -2.19. The summed E-state index contributed by atoms with van der Waals surface area (Å²) in [6, 6.07) is 4.44. The quantitative estimate of drug-likeness (QED) is 0.677. The van der Waals surface area contributed by atoms with E-state index in [1.54, 1.807) is 17.5 Å². The second-order valence-corrected chi connectivity index (χ2v) is 5.42. The fourth-order valence-corrected chi connectivity index (χ4v) is 2.81. The lowest BCUT2D eigenvalue weighted by atomic mass is 10.2. The van der Waals surface area contributed by atoms with E-state index in [9.17, 15) is 0 Å². The summed E-state index contributed by atoms with van der Waals surface area (Å²) < 4.78 is 0. The van der Waals surface area contributed by atoms with Crippen molar-refractivity contribution >= 4 is 34.1 Å². The van der Waals surface area contributed by atoms with Gasteiger partial charge in [-0.2, -0.15) is 15.1 Å². The van der Waals surface area contributed by atoms with Gasteiger partial charge in [0.2, 0.25) is 5.95 Å². The largest absolute Gasteiger partial charge is 0.368 e. The number of nitrogens with one attached hydrogen (secondary N) is 2. The molecule has 0 aliphatic rings. The predicted octanol–water partition coefficient (Wildman–Crippen LogP) is 2.04. The number of fused-ring (bicyclic) bond motifs is 1. The van der Waals surface area contributed by atoms with Crippen LogP contribution in [-0.4, -0.2) is 26.2 Å². The van der Waals surface area contributed by atoms with E-state index in [2.05, 4.69) is 49.9 Å². The molecule has 4 N–H and O–H groups in total. The van der Waals surface area contributed by atoms with Crippen LogP contribution in [0.2, 0.25) is 0 Å². The third kappa shape index (κ3) is 2.50. The molecule has 0 saturated heterocycles. The third-order valence-electron chi connectivity index (χ3n) is 2.80. The summed E-state index contributed by atoms with van der Waals surface area (Å²) in [5.41, 5.74) is 6.34. The molecule has 19 heavy (non-hydrogen) atoms. The minimum absolute atomic E-state index is 0.238. The number of thiophene rings is 1. The van der Waals surface area contributed by atoms with Crippen molar-refractivity contribution in [3.8, 4) is 0 Å². The smallest absolute Gasteiger partial charge is 0.224 e. The van der Waals surface area contributed by atoms with Gasteiger partial charge in [-0.15, -0.1) is 11.3 Å². The molecule has 0 bridgehead atoms. The monoisotopic (exact) mass is 274 g/mol. The number of H-pyrrole nitrogens is 1. The number of hydrogen-bond acceptors (Lipinski definition) is 6. The van der Waals surface area contributed by atoms with E-state index < -0.39 is 0 Å². The van der Waals surface area contributed by atoms with Crippen LogP contribution in [0.1, 0.15) is 11.8 Å². The van der Waals surface area contributed by atoms with Crippen molar-refractivity contribution in [1.82, 2.24) is 20.2 Å². The van der Waals surface area contributed by atoms with Crippen molar-refractivity contribution in [1.29, 1.82) is 0 Å². The number of nitrogens with two attached hydrogens (primary N) is 1. The van der Waals surface area contributed by atoms with Crippen molar-refractivity contribution in [3.63, 3.8) is 0 Å². The Labute approximate surface area is 114 Å². The van der Waals surface area contributed by atoms with Gasteiger partial charge in [-0.3, -0.25) is 5.10 Å². The van der Waals surface area contributed by atoms with Gasteiger partial charge < -0.3 is 11.1 Å². The summed E-state index contributed by atoms with van der Waals surface area (Å²) in [6.07, 6.45) is 2.65. The Bertz CT molecular complexity index is 675. The Kier molecular flexibility index (Phi) is 3.04. The maximum Gasteiger partial charge on any atom is 0.224 e. The fourth-order valence-electron chi connectivity index (χ4n) is 1.98. The van der Waals surface area contributed by atoms with Gasteiger partial charge in [0.25, 0.3) is 0 Å². The number of nitrogen functional groups attached to an aromatic ring is 1. The maximum atomic E-state index is 5.69. The highest BCUT2D eigenvalue weighted by Crippen LogP contribution is 2.20. The topological polar surface area (TPSA) is 92.5 Å². The molecule has 3 aromatic heterocycles. The van der Waals surface area contributed by atoms with Crippen LogP contribution >= 0.6 is 11.3 Å². The number of nitrogens with zero attached hydrogens (tertiary/aromatic N) is 3. The van der Waals surface area contributed by atoms with Crippen LogP contribution in [0, 0.1) is 0 Å². The Hall–Kier alpha value is -2.15. The third-order valence-corrected chi connectivity index (χ3v) is 3.70. The van der Waals surface area contributed by atoms with E-state index in [4.69, 9.17) is 5.73 Å². The zero-order chi connectivity index (χ0) is 13.2. The molecule has 3 aromatic rings. The SMILES string of the molecule is CC(Cc1cccs1)Nc1nc(N)nc2[nH]ncc12. The van der Waals surface area contributed by atoms with Crippen LogP contribution in [0.3, 0.4) is 0 Å². The summed E-state index contributed by atoms with van der Waals surface area (Å²) in [5.74, 6) is 0.961. The molecule has 0 fully saturated rings. The first-order valence-electron chi connectivity index (χ1n) is 5.98. The van der Waals surface area contributed by atoms with Gasteiger partial charge in [0.05, 0.1) is 11.6 Å². The Balaban J connectivity index is 1.82. The molecule has 3 heterocycles. The van der Waals surface area contributed by atoms with Gasteiger partial charge in [0.15, 0.2) is 5.65 Å². The first kappa shape index (κ1) is 11.9. The van der Waals surface area contributed by atoms with Crippen molar-refractivity contribution in [3.05, 3.63) is 28.6 Å². The van der Waals surface area contributed by atoms with Gasteiger partial charge in [-0.05, 0) is 18.4 Å². The molecule has 0 amide bonds. The minimum atomic E-state index is 0.238. The van der Waals surface area contributed by atoms with Gasteiger partial charge in [0.1, 0.15) is 5.82 Å². The van der Waals surface area contributed by atoms with Crippen molar-refractivity contribution < 1.29 is 0 Å². The molecule has 1 unspecified atom stereocenters. The molecule has 0 aromatic carbocycles. The Morgan fingerprint density at radius 2 is 2.37 bits per heavy atom. The van der Waals surface area contributed by atoms with Crippen LogP contribution in [-0.2, 0) is 6.42 Å². The standard InChI is InChI=1S/C12H14N6S/c1-7(5-8-3-2-4-19-8)15-10-9-6-14-18-11(9)17-12(13)16-10/h2-4,6-7H,5H2,1H3,(H4,13,14,15,16,17,18). The molecule has 0 aliphatic heterocycles. The second kappa shape index (κ2) is 4.85.